The van der Waals surface area contributed by atoms with Crippen molar-refractivity contribution in [1.29, 1.82) is 0 Å². The van der Waals surface area contributed by atoms with Crippen LogP contribution in [-0.2, 0) is 0 Å². The zero-order chi connectivity index (χ0) is 14.6. The second kappa shape index (κ2) is 6.19. The van der Waals surface area contributed by atoms with Crippen molar-refractivity contribution in [1.82, 2.24) is 15.0 Å². The molecule has 0 spiro atoms. The van der Waals surface area contributed by atoms with Crippen LogP contribution in [0.1, 0.15) is 39.5 Å². The molecule has 1 aromatic rings. The van der Waals surface area contributed by atoms with E-state index >= 15 is 0 Å². The van der Waals surface area contributed by atoms with Crippen LogP contribution >= 0.6 is 0 Å². The molecule has 0 bridgehead atoms. The highest BCUT2D eigenvalue weighted by Gasteiger charge is 2.34. The van der Waals surface area contributed by atoms with E-state index in [0.29, 0.717) is 5.95 Å². The predicted molar refractivity (Wildman–Crippen MR) is 75.3 cm³/mol. The molecule has 0 aromatic carbocycles. The molecular weight excluding hydrogens is 260 g/mol. The summed E-state index contributed by atoms with van der Waals surface area (Å²) in [5.41, 5.74) is 2.03. The van der Waals surface area contributed by atoms with Crippen molar-refractivity contribution in [3.63, 3.8) is 0 Å². The van der Waals surface area contributed by atoms with E-state index in [1.54, 1.807) is 0 Å². The van der Waals surface area contributed by atoms with Crippen molar-refractivity contribution in [2.24, 2.45) is 5.84 Å². The minimum Gasteiger partial charge on any atom is -0.461 e. The summed E-state index contributed by atoms with van der Waals surface area (Å²) in [6, 6.07) is 0.205. The first-order chi connectivity index (χ1) is 9.57. The standard InChI is InChI=1S/C12H22N6O2/c1-8(2)20-11-15-9(14-10(16-11)18-13)17-12(7-19)5-3-4-6-12/h8,19H,3-7,13H2,1-2H3,(H2,14,15,16,17,18). The summed E-state index contributed by atoms with van der Waals surface area (Å²) in [6.45, 7) is 3.82. The molecule has 0 atom stereocenters. The first-order valence-corrected chi connectivity index (χ1v) is 6.85. The number of rotatable bonds is 6. The molecule has 112 valence electrons. The molecule has 8 heteroatoms. The number of aromatic nitrogens is 3. The number of aliphatic hydroxyl groups is 1. The summed E-state index contributed by atoms with van der Waals surface area (Å²) >= 11 is 0. The number of aliphatic hydroxyl groups excluding tert-OH is 1. The second-order valence-corrected chi connectivity index (χ2v) is 5.35. The topological polar surface area (TPSA) is 118 Å². The molecule has 2 rings (SSSR count). The van der Waals surface area contributed by atoms with Gasteiger partial charge < -0.3 is 15.2 Å². The molecule has 1 aromatic heterocycles. The molecule has 1 aliphatic carbocycles. The van der Waals surface area contributed by atoms with Gasteiger partial charge in [-0.15, -0.1) is 0 Å². The van der Waals surface area contributed by atoms with Gasteiger partial charge in [-0.3, -0.25) is 5.43 Å². The normalized spacial score (nSPS) is 17.2. The number of ether oxygens (including phenoxy) is 1. The minimum atomic E-state index is -0.359. The van der Waals surface area contributed by atoms with Crippen molar-refractivity contribution in [2.45, 2.75) is 51.2 Å². The van der Waals surface area contributed by atoms with Gasteiger partial charge in [0.25, 0.3) is 0 Å². The monoisotopic (exact) mass is 282 g/mol. The predicted octanol–water partition coefficient (Wildman–Crippen LogP) is 0.661. The number of hydrazine groups is 1. The summed E-state index contributed by atoms with van der Waals surface area (Å²) in [4.78, 5) is 12.4. The van der Waals surface area contributed by atoms with E-state index in [-0.39, 0.29) is 30.2 Å². The Balaban J connectivity index is 2.21. The molecule has 0 unspecified atom stereocenters. The van der Waals surface area contributed by atoms with E-state index in [9.17, 15) is 5.11 Å². The van der Waals surface area contributed by atoms with Gasteiger partial charge in [0.05, 0.1) is 18.2 Å². The van der Waals surface area contributed by atoms with Crippen molar-refractivity contribution in [3.8, 4) is 6.01 Å². The van der Waals surface area contributed by atoms with Crippen LogP contribution in [0.2, 0.25) is 0 Å². The Morgan fingerprint density at radius 1 is 1.25 bits per heavy atom. The van der Waals surface area contributed by atoms with Crippen LogP contribution in [0.25, 0.3) is 0 Å². The van der Waals surface area contributed by atoms with Crippen LogP contribution < -0.4 is 21.3 Å². The lowest BCUT2D eigenvalue weighted by molar-refractivity contribution is 0.211. The van der Waals surface area contributed by atoms with E-state index in [1.807, 2.05) is 13.8 Å². The quantitative estimate of drug-likeness (QED) is 0.444. The first-order valence-electron chi connectivity index (χ1n) is 6.85. The summed E-state index contributed by atoms with van der Waals surface area (Å²) in [6.07, 6.45) is 3.89. The molecule has 0 aliphatic heterocycles. The van der Waals surface area contributed by atoms with Crippen molar-refractivity contribution in [3.05, 3.63) is 0 Å². The molecule has 0 saturated heterocycles. The number of nitrogens with zero attached hydrogens (tertiary/aromatic N) is 3. The van der Waals surface area contributed by atoms with Gasteiger partial charge in [-0.25, -0.2) is 5.84 Å². The summed E-state index contributed by atoms with van der Waals surface area (Å²) in [7, 11) is 0. The molecule has 1 fully saturated rings. The Hall–Kier alpha value is -1.67. The lowest BCUT2D eigenvalue weighted by atomic mass is 9.99. The van der Waals surface area contributed by atoms with Crippen LogP contribution in [0.15, 0.2) is 0 Å². The minimum absolute atomic E-state index is 0.0461. The number of nitrogen functional groups attached to an aromatic ring is 1. The molecule has 1 saturated carbocycles. The number of hydrogen-bond acceptors (Lipinski definition) is 8. The van der Waals surface area contributed by atoms with Gasteiger partial charge in [0, 0.05) is 0 Å². The average Bonchev–Trinajstić information content (AvgIpc) is 2.86. The molecule has 1 aliphatic rings. The number of nitrogens with one attached hydrogen (secondary N) is 2. The van der Waals surface area contributed by atoms with Gasteiger partial charge in [-0.1, -0.05) is 12.8 Å². The maximum Gasteiger partial charge on any atom is 0.323 e. The third-order valence-electron chi connectivity index (χ3n) is 3.33. The summed E-state index contributed by atoms with van der Waals surface area (Å²) in [5, 5.41) is 12.8. The van der Waals surface area contributed by atoms with Crippen LogP contribution in [0.4, 0.5) is 11.9 Å². The van der Waals surface area contributed by atoms with Gasteiger partial charge in [0.1, 0.15) is 0 Å². The molecular formula is C12H22N6O2. The van der Waals surface area contributed by atoms with E-state index in [2.05, 4.69) is 25.7 Å². The molecule has 8 nitrogen and oxygen atoms in total. The summed E-state index contributed by atoms with van der Waals surface area (Å²) < 4.78 is 5.47. The van der Waals surface area contributed by atoms with Gasteiger partial charge in [-0.05, 0) is 26.7 Å². The molecule has 1 heterocycles. The SMILES string of the molecule is CC(C)Oc1nc(NN)nc(NC2(CO)CCCC2)n1. The summed E-state index contributed by atoms with van der Waals surface area (Å²) in [5.74, 6) is 5.94. The number of nitrogens with two attached hydrogens (primary N) is 1. The third kappa shape index (κ3) is 3.45. The highest BCUT2D eigenvalue weighted by atomic mass is 16.5. The largest absolute Gasteiger partial charge is 0.461 e. The number of hydrogen-bond donors (Lipinski definition) is 4. The third-order valence-corrected chi connectivity index (χ3v) is 3.33. The van der Waals surface area contributed by atoms with Crippen LogP contribution in [0, 0.1) is 0 Å². The van der Waals surface area contributed by atoms with Gasteiger partial charge in [-0.2, -0.15) is 15.0 Å². The second-order valence-electron chi connectivity index (χ2n) is 5.35. The van der Waals surface area contributed by atoms with Crippen molar-refractivity contribution in [2.75, 3.05) is 17.3 Å². The highest BCUT2D eigenvalue weighted by molar-refractivity contribution is 5.37. The van der Waals surface area contributed by atoms with E-state index in [0.717, 1.165) is 25.7 Å². The Morgan fingerprint density at radius 3 is 2.45 bits per heavy atom. The van der Waals surface area contributed by atoms with Crippen LogP contribution in [0.5, 0.6) is 6.01 Å². The molecule has 20 heavy (non-hydrogen) atoms. The Morgan fingerprint density at radius 2 is 1.90 bits per heavy atom. The zero-order valence-electron chi connectivity index (χ0n) is 11.9. The van der Waals surface area contributed by atoms with E-state index in [1.165, 1.54) is 0 Å². The average molecular weight is 282 g/mol. The maximum atomic E-state index is 9.61. The van der Waals surface area contributed by atoms with Crippen LogP contribution in [-0.4, -0.2) is 38.3 Å². The Labute approximate surface area is 118 Å². The van der Waals surface area contributed by atoms with E-state index < -0.39 is 0 Å². The highest BCUT2D eigenvalue weighted by Crippen LogP contribution is 2.32. The lowest BCUT2D eigenvalue weighted by Gasteiger charge is -2.28. The number of anilines is 2. The Bertz CT molecular complexity index is 448. The van der Waals surface area contributed by atoms with E-state index in [4.69, 9.17) is 10.6 Å². The lowest BCUT2D eigenvalue weighted by Crippen LogP contribution is -2.39. The molecule has 0 amide bonds. The molecule has 5 N–H and O–H groups in total. The Kier molecular flexibility index (Phi) is 4.56. The van der Waals surface area contributed by atoms with Gasteiger partial charge in [0.15, 0.2) is 0 Å². The fourth-order valence-electron chi connectivity index (χ4n) is 2.35. The van der Waals surface area contributed by atoms with Gasteiger partial charge in [0.2, 0.25) is 11.9 Å². The van der Waals surface area contributed by atoms with Gasteiger partial charge >= 0.3 is 6.01 Å². The van der Waals surface area contributed by atoms with Crippen molar-refractivity contribution < 1.29 is 9.84 Å². The molecule has 0 radical (unpaired) electrons. The smallest absolute Gasteiger partial charge is 0.323 e. The first kappa shape index (κ1) is 14.7. The van der Waals surface area contributed by atoms with Crippen LogP contribution in [0.3, 0.4) is 0 Å². The zero-order valence-corrected chi connectivity index (χ0v) is 11.9. The fraction of sp³-hybridized carbons (Fsp3) is 0.750. The van der Waals surface area contributed by atoms with Crippen molar-refractivity contribution >= 4 is 11.9 Å². The fourth-order valence-corrected chi connectivity index (χ4v) is 2.35. The maximum absolute atomic E-state index is 9.61.